The van der Waals surface area contributed by atoms with Crippen molar-refractivity contribution in [1.29, 1.82) is 0 Å². The summed E-state index contributed by atoms with van der Waals surface area (Å²) in [5.41, 5.74) is 3.17. The van der Waals surface area contributed by atoms with Gasteiger partial charge in [-0.3, -0.25) is 9.10 Å². The van der Waals surface area contributed by atoms with E-state index in [1.807, 2.05) is 38.1 Å². The maximum atomic E-state index is 14.2. The monoisotopic (exact) mass is 583 g/mol. The van der Waals surface area contributed by atoms with Gasteiger partial charge in [-0.2, -0.15) is 0 Å². The molecule has 0 bridgehead atoms. The highest BCUT2D eigenvalue weighted by Crippen LogP contribution is 2.32. The van der Waals surface area contributed by atoms with E-state index in [-0.39, 0.29) is 23.1 Å². The molecule has 10 heteroatoms. The molecule has 0 aliphatic heterocycles. The summed E-state index contributed by atoms with van der Waals surface area (Å²) >= 11 is 0. The molecule has 0 atom stereocenters. The third-order valence-corrected chi connectivity index (χ3v) is 8.67. The third kappa shape index (κ3) is 5.75. The van der Waals surface area contributed by atoms with Crippen LogP contribution in [0.3, 0.4) is 0 Å². The number of benzene rings is 4. The van der Waals surface area contributed by atoms with Crippen molar-refractivity contribution >= 4 is 44.0 Å². The molecule has 4 aromatic carbocycles. The van der Waals surface area contributed by atoms with Crippen LogP contribution >= 0.6 is 0 Å². The molecule has 0 spiro atoms. The normalized spacial score (nSPS) is 11.3. The van der Waals surface area contributed by atoms with Gasteiger partial charge in [-0.05, 0) is 73.7 Å². The van der Waals surface area contributed by atoms with Crippen molar-refractivity contribution in [2.45, 2.75) is 25.7 Å². The number of hydrogen-bond acceptors (Lipinski definition) is 7. The van der Waals surface area contributed by atoms with Crippen LogP contribution in [0.4, 0.5) is 11.4 Å². The van der Waals surface area contributed by atoms with E-state index < -0.39 is 28.4 Å². The third-order valence-electron chi connectivity index (χ3n) is 6.85. The lowest BCUT2D eigenvalue weighted by atomic mass is 10.1. The van der Waals surface area contributed by atoms with Crippen LogP contribution in [0.2, 0.25) is 0 Å². The summed E-state index contributed by atoms with van der Waals surface area (Å²) in [5, 5.41) is 4.14. The molecular weight excluding hydrogens is 554 g/mol. The molecule has 0 saturated carbocycles. The molecule has 1 aromatic heterocycles. The van der Waals surface area contributed by atoms with Crippen molar-refractivity contribution in [2.24, 2.45) is 0 Å². The molecule has 0 fully saturated rings. The first kappa shape index (κ1) is 28.6. The number of amides is 1. The van der Waals surface area contributed by atoms with Gasteiger partial charge in [0.15, 0.2) is 5.69 Å². The van der Waals surface area contributed by atoms with Crippen LogP contribution in [0.5, 0.6) is 0 Å². The zero-order chi connectivity index (χ0) is 29.9. The Hall–Kier alpha value is -4.96. The van der Waals surface area contributed by atoms with Crippen molar-refractivity contribution in [1.82, 2.24) is 4.98 Å². The zero-order valence-corrected chi connectivity index (χ0v) is 24.1. The predicted octanol–water partition coefficient (Wildman–Crippen LogP) is 6.12. The van der Waals surface area contributed by atoms with E-state index in [4.69, 9.17) is 9.15 Å². The van der Waals surface area contributed by atoms with Crippen molar-refractivity contribution in [2.75, 3.05) is 22.8 Å². The molecular formula is C32H29N3O6S. The molecule has 0 aliphatic rings. The summed E-state index contributed by atoms with van der Waals surface area (Å²) in [6.45, 7) is 5.21. The number of sulfonamides is 1. The molecule has 9 nitrogen and oxygen atoms in total. The summed E-state index contributed by atoms with van der Waals surface area (Å²) in [4.78, 5) is 29.5. The second-order valence-electron chi connectivity index (χ2n) is 9.59. The van der Waals surface area contributed by atoms with Gasteiger partial charge in [0.2, 0.25) is 11.8 Å². The number of anilines is 2. The molecule has 0 unspecified atom stereocenters. The Morgan fingerprint density at radius 2 is 1.64 bits per heavy atom. The maximum Gasteiger partial charge on any atom is 0.360 e. The highest BCUT2D eigenvalue weighted by Gasteiger charge is 2.30. The first-order chi connectivity index (χ1) is 20.2. The topological polar surface area (TPSA) is 119 Å². The fraction of sp³-hybridized carbons (Fsp3) is 0.156. The van der Waals surface area contributed by atoms with Gasteiger partial charge in [-0.1, -0.05) is 48.5 Å². The Morgan fingerprint density at radius 3 is 2.40 bits per heavy atom. The van der Waals surface area contributed by atoms with E-state index in [1.54, 1.807) is 67.6 Å². The van der Waals surface area contributed by atoms with E-state index in [1.165, 1.54) is 6.26 Å². The maximum absolute atomic E-state index is 14.2. The second kappa shape index (κ2) is 11.9. The summed E-state index contributed by atoms with van der Waals surface area (Å²) in [6, 6.07) is 24.3. The number of ether oxygens (including phenoxy) is 1. The fourth-order valence-electron chi connectivity index (χ4n) is 4.58. The number of hydrogen-bond donors (Lipinski definition) is 1. The average Bonchev–Trinajstić information content (AvgIpc) is 3.48. The number of carbonyl (C=O) groups is 2. The van der Waals surface area contributed by atoms with Gasteiger partial charge in [0, 0.05) is 16.6 Å². The van der Waals surface area contributed by atoms with Crippen LogP contribution in [0.1, 0.15) is 28.5 Å². The number of oxazole rings is 1. The van der Waals surface area contributed by atoms with Crippen LogP contribution in [0, 0.1) is 13.8 Å². The van der Waals surface area contributed by atoms with Crippen LogP contribution in [0.15, 0.2) is 101 Å². The minimum absolute atomic E-state index is 0.0585. The lowest BCUT2D eigenvalue weighted by Gasteiger charge is -2.27. The standard InChI is InChI=1S/C32H29N3O6S/c1-4-40-32(37)27-20-41-31(34-27)24-15-17-25(18-16-24)33-30(36)19-35(28-13-7-9-21(2)22(28)3)42(38,39)29-14-8-11-23-10-5-6-12-26(23)29/h5-18,20H,4,19H2,1-3H3,(H,33,36). The minimum atomic E-state index is -4.14. The van der Waals surface area contributed by atoms with Gasteiger partial charge in [0.25, 0.3) is 10.0 Å². The number of aryl methyl sites for hydroxylation is 1. The van der Waals surface area contributed by atoms with Crippen molar-refractivity contribution < 1.29 is 27.2 Å². The van der Waals surface area contributed by atoms with Crippen LogP contribution in [0.25, 0.3) is 22.2 Å². The van der Waals surface area contributed by atoms with Crippen molar-refractivity contribution in [3.8, 4) is 11.5 Å². The van der Waals surface area contributed by atoms with Gasteiger partial charge in [0.05, 0.1) is 17.2 Å². The molecule has 1 amide bonds. The van der Waals surface area contributed by atoms with Crippen molar-refractivity contribution in [3.63, 3.8) is 0 Å². The highest BCUT2D eigenvalue weighted by atomic mass is 32.2. The SMILES string of the molecule is CCOC(=O)c1coc(-c2ccc(NC(=O)CN(c3cccc(C)c3C)S(=O)(=O)c3cccc4ccccc34)cc2)n1. The second-order valence-corrected chi connectivity index (χ2v) is 11.4. The molecule has 1 N–H and O–H groups in total. The summed E-state index contributed by atoms with van der Waals surface area (Å²) < 4.78 is 39.9. The lowest BCUT2D eigenvalue weighted by molar-refractivity contribution is -0.114. The molecule has 42 heavy (non-hydrogen) atoms. The van der Waals surface area contributed by atoms with Gasteiger partial charge in [-0.15, -0.1) is 0 Å². The number of nitrogens with one attached hydrogen (secondary N) is 1. The van der Waals surface area contributed by atoms with Crippen LogP contribution < -0.4 is 9.62 Å². The van der Waals surface area contributed by atoms with Crippen molar-refractivity contribution in [3.05, 3.63) is 108 Å². The predicted molar refractivity (Wildman–Crippen MR) is 161 cm³/mol. The quantitative estimate of drug-likeness (QED) is 0.208. The number of nitrogens with zero attached hydrogens (tertiary/aromatic N) is 2. The lowest BCUT2D eigenvalue weighted by Crippen LogP contribution is -2.38. The van der Waals surface area contributed by atoms with E-state index in [0.29, 0.717) is 22.3 Å². The zero-order valence-electron chi connectivity index (χ0n) is 23.3. The Morgan fingerprint density at radius 1 is 0.929 bits per heavy atom. The number of carbonyl (C=O) groups excluding carboxylic acids is 2. The molecule has 0 aliphatic carbocycles. The van der Waals surface area contributed by atoms with Crippen LogP contribution in [-0.2, 0) is 19.6 Å². The Labute approximate surface area is 243 Å². The summed E-state index contributed by atoms with van der Waals surface area (Å²) in [5.74, 6) is -0.880. The number of rotatable bonds is 9. The number of fused-ring (bicyclic) bond motifs is 1. The highest BCUT2D eigenvalue weighted by molar-refractivity contribution is 7.93. The Kier molecular flexibility index (Phi) is 8.08. The average molecular weight is 584 g/mol. The number of aromatic nitrogens is 1. The smallest absolute Gasteiger partial charge is 0.360 e. The number of esters is 1. The van der Waals surface area contributed by atoms with E-state index in [0.717, 1.165) is 20.8 Å². The Balaban J connectivity index is 1.42. The van der Waals surface area contributed by atoms with Gasteiger partial charge < -0.3 is 14.5 Å². The molecule has 5 rings (SSSR count). The largest absolute Gasteiger partial charge is 0.461 e. The molecule has 5 aromatic rings. The van der Waals surface area contributed by atoms with Gasteiger partial charge >= 0.3 is 5.97 Å². The molecule has 0 radical (unpaired) electrons. The molecule has 1 heterocycles. The van der Waals surface area contributed by atoms with E-state index in [2.05, 4.69) is 10.3 Å². The summed E-state index contributed by atoms with van der Waals surface area (Å²) in [6.07, 6.45) is 1.22. The Bertz CT molecular complexity index is 1880. The minimum Gasteiger partial charge on any atom is -0.461 e. The van der Waals surface area contributed by atoms with Crippen LogP contribution in [-0.4, -0.2) is 38.4 Å². The van der Waals surface area contributed by atoms with Gasteiger partial charge in [-0.25, -0.2) is 18.2 Å². The fourth-order valence-corrected chi connectivity index (χ4v) is 6.27. The molecule has 0 saturated heterocycles. The first-order valence-corrected chi connectivity index (χ1v) is 14.7. The van der Waals surface area contributed by atoms with E-state index in [9.17, 15) is 18.0 Å². The first-order valence-electron chi connectivity index (χ1n) is 13.3. The molecule has 214 valence electrons. The van der Waals surface area contributed by atoms with E-state index >= 15 is 0 Å². The van der Waals surface area contributed by atoms with Gasteiger partial charge in [0.1, 0.15) is 12.8 Å². The summed E-state index contributed by atoms with van der Waals surface area (Å²) in [7, 11) is -4.14.